The van der Waals surface area contributed by atoms with E-state index in [0.717, 1.165) is 16.8 Å². The average Bonchev–Trinajstić information content (AvgIpc) is 2.77. The van der Waals surface area contributed by atoms with E-state index in [2.05, 4.69) is 5.10 Å². The van der Waals surface area contributed by atoms with Gasteiger partial charge in [-0.1, -0.05) is 48.5 Å². The van der Waals surface area contributed by atoms with Crippen molar-refractivity contribution in [2.45, 2.75) is 6.92 Å². The van der Waals surface area contributed by atoms with Crippen LogP contribution >= 0.6 is 0 Å². The molecule has 0 aliphatic heterocycles. The largest absolute Gasteiger partial charge is 0.392 e. The Morgan fingerprint density at radius 1 is 1.00 bits per heavy atom. The molecule has 0 spiro atoms. The molecule has 0 saturated carbocycles. The summed E-state index contributed by atoms with van der Waals surface area (Å²) < 4.78 is 1.49. The highest BCUT2D eigenvalue weighted by atomic mass is 16.1. The summed E-state index contributed by atoms with van der Waals surface area (Å²) in [6.45, 7) is 1.96. The quantitative estimate of drug-likeness (QED) is 0.748. The predicted molar refractivity (Wildman–Crippen MR) is 81.0 cm³/mol. The summed E-state index contributed by atoms with van der Waals surface area (Å²) in [6.07, 6.45) is 0. The fraction of sp³-hybridized carbons (Fsp3) is 0.0625. The van der Waals surface area contributed by atoms with Crippen molar-refractivity contribution in [3.8, 4) is 16.9 Å². The van der Waals surface area contributed by atoms with Crippen LogP contribution in [-0.2, 0) is 0 Å². The fourth-order valence-electron chi connectivity index (χ4n) is 2.26. The van der Waals surface area contributed by atoms with Gasteiger partial charge in [-0.15, -0.1) is 0 Å². The van der Waals surface area contributed by atoms with E-state index in [1.54, 1.807) is 0 Å². The van der Waals surface area contributed by atoms with Gasteiger partial charge in [-0.05, 0) is 18.6 Å². The first-order valence-electron chi connectivity index (χ1n) is 6.40. The van der Waals surface area contributed by atoms with Gasteiger partial charge in [0.15, 0.2) is 0 Å². The lowest BCUT2D eigenvalue weighted by Crippen LogP contribution is -2.17. The number of anilines is 1. The van der Waals surface area contributed by atoms with Gasteiger partial charge in [0.2, 0.25) is 0 Å². The van der Waals surface area contributed by atoms with E-state index in [1.807, 2.05) is 61.5 Å². The molecule has 1 aromatic heterocycles. The van der Waals surface area contributed by atoms with Crippen molar-refractivity contribution in [1.82, 2.24) is 9.78 Å². The summed E-state index contributed by atoms with van der Waals surface area (Å²) in [6, 6.07) is 17.3. The third kappa shape index (κ3) is 1.91. The van der Waals surface area contributed by atoms with E-state index in [0.29, 0.717) is 5.69 Å². The molecule has 0 aliphatic rings. The van der Waals surface area contributed by atoms with Crippen LogP contribution in [0.1, 0.15) is 5.56 Å². The van der Waals surface area contributed by atoms with Crippen molar-refractivity contribution in [3.63, 3.8) is 0 Å². The van der Waals surface area contributed by atoms with Crippen LogP contribution in [0.15, 0.2) is 59.4 Å². The molecule has 0 aliphatic carbocycles. The Balaban J connectivity index is 2.22. The molecule has 0 saturated heterocycles. The van der Waals surface area contributed by atoms with Gasteiger partial charge >= 0.3 is 0 Å². The molecule has 3 aromatic rings. The van der Waals surface area contributed by atoms with Crippen molar-refractivity contribution < 1.29 is 0 Å². The number of aromatic nitrogens is 2. The number of hydrogen-bond acceptors (Lipinski definition) is 2. The summed E-state index contributed by atoms with van der Waals surface area (Å²) in [5.74, 6) is 0. The monoisotopic (exact) mass is 265 g/mol. The van der Waals surface area contributed by atoms with Gasteiger partial charge in [0, 0.05) is 5.56 Å². The zero-order chi connectivity index (χ0) is 14.1. The second-order valence-corrected chi connectivity index (χ2v) is 4.69. The number of para-hydroxylation sites is 1. The number of nitrogens with two attached hydrogens (primary N) is 1. The molecule has 0 unspecified atom stereocenters. The molecule has 0 atom stereocenters. The highest BCUT2D eigenvalue weighted by molar-refractivity contribution is 5.72. The minimum absolute atomic E-state index is 0.224. The Morgan fingerprint density at radius 3 is 2.35 bits per heavy atom. The van der Waals surface area contributed by atoms with E-state index < -0.39 is 0 Å². The van der Waals surface area contributed by atoms with Crippen LogP contribution in [0.3, 0.4) is 0 Å². The van der Waals surface area contributed by atoms with Crippen molar-refractivity contribution >= 4 is 5.69 Å². The Morgan fingerprint density at radius 2 is 1.65 bits per heavy atom. The van der Waals surface area contributed by atoms with Crippen molar-refractivity contribution in [2.24, 2.45) is 0 Å². The van der Waals surface area contributed by atoms with Crippen molar-refractivity contribution in [3.05, 3.63) is 70.5 Å². The smallest absolute Gasteiger partial charge is 0.295 e. The second kappa shape index (κ2) is 4.74. The molecular formula is C16H15N3O. The molecule has 0 radical (unpaired) electrons. The van der Waals surface area contributed by atoms with Crippen LogP contribution in [0, 0.1) is 6.92 Å². The third-order valence-corrected chi connectivity index (χ3v) is 3.35. The van der Waals surface area contributed by atoms with Gasteiger partial charge in [-0.2, -0.15) is 0 Å². The zero-order valence-corrected chi connectivity index (χ0v) is 11.1. The summed E-state index contributed by atoms with van der Waals surface area (Å²) in [5, 5.41) is 3.10. The summed E-state index contributed by atoms with van der Waals surface area (Å²) in [7, 11) is 0. The van der Waals surface area contributed by atoms with Crippen molar-refractivity contribution in [1.29, 1.82) is 0 Å². The maximum atomic E-state index is 12.3. The number of aryl methyl sites for hydroxylation is 1. The zero-order valence-electron chi connectivity index (χ0n) is 11.1. The molecule has 20 heavy (non-hydrogen) atoms. The Labute approximate surface area is 116 Å². The SMILES string of the molecule is Cc1ccccc1-n1[nH]c(-c2ccccc2)c(N)c1=O. The number of H-pyrrole nitrogens is 1. The number of rotatable bonds is 2. The van der Waals surface area contributed by atoms with Crippen LogP contribution in [-0.4, -0.2) is 9.78 Å². The molecular weight excluding hydrogens is 250 g/mol. The molecule has 1 heterocycles. The standard InChI is InChI=1S/C16H15N3O/c1-11-7-5-6-10-13(11)19-16(20)14(17)15(18-19)12-8-3-2-4-9-12/h2-10,18H,17H2,1H3. The Hall–Kier alpha value is -2.75. The maximum Gasteiger partial charge on any atom is 0.295 e. The lowest BCUT2D eigenvalue weighted by molar-refractivity contribution is 0.846. The normalized spacial score (nSPS) is 10.7. The molecule has 0 bridgehead atoms. The van der Waals surface area contributed by atoms with E-state index in [-0.39, 0.29) is 11.2 Å². The van der Waals surface area contributed by atoms with E-state index >= 15 is 0 Å². The maximum absolute atomic E-state index is 12.3. The van der Waals surface area contributed by atoms with Crippen molar-refractivity contribution in [2.75, 3.05) is 5.73 Å². The number of nitrogens with zero attached hydrogens (tertiary/aromatic N) is 1. The van der Waals surface area contributed by atoms with E-state index in [9.17, 15) is 4.79 Å². The molecule has 2 aromatic carbocycles. The minimum Gasteiger partial charge on any atom is -0.392 e. The first-order valence-corrected chi connectivity index (χ1v) is 6.40. The highest BCUT2D eigenvalue weighted by Crippen LogP contribution is 2.22. The average molecular weight is 265 g/mol. The van der Waals surface area contributed by atoms with Crippen LogP contribution in [0.4, 0.5) is 5.69 Å². The molecule has 0 fully saturated rings. The first kappa shape index (κ1) is 12.3. The molecule has 4 heteroatoms. The number of nitrogen functional groups attached to an aromatic ring is 1. The summed E-state index contributed by atoms with van der Waals surface area (Å²) in [5.41, 5.74) is 9.34. The van der Waals surface area contributed by atoms with Crippen LogP contribution < -0.4 is 11.3 Å². The minimum atomic E-state index is -0.224. The lowest BCUT2D eigenvalue weighted by Gasteiger charge is -2.05. The highest BCUT2D eigenvalue weighted by Gasteiger charge is 2.14. The predicted octanol–water partition coefficient (Wildman–Crippen LogP) is 2.72. The van der Waals surface area contributed by atoms with E-state index in [4.69, 9.17) is 5.73 Å². The fourth-order valence-corrected chi connectivity index (χ4v) is 2.26. The van der Waals surface area contributed by atoms with Gasteiger partial charge < -0.3 is 5.73 Å². The summed E-state index contributed by atoms with van der Waals surface area (Å²) in [4.78, 5) is 12.3. The Kier molecular flexibility index (Phi) is 2.91. The van der Waals surface area contributed by atoms with E-state index in [1.165, 1.54) is 4.68 Å². The second-order valence-electron chi connectivity index (χ2n) is 4.69. The van der Waals surface area contributed by atoms with Crippen LogP contribution in [0.25, 0.3) is 16.9 Å². The van der Waals surface area contributed by atoms with Gasteiger partial charge in [0.05, 0.1) is 11.4 Å². The molecule has 3 rings (SSSR count). The molecule has 3 N–H and O–H groups in total. The number of nitrogens with one attached hydrogen (secondary N) is 1. The number of aromatic amines is 1. The Bertz CT molecular complexity index is 800. The van der Waals surface area contributed by atoms with Gasteiger partial charge in [-0.3, -0.25) is 9.89 Å². The van der Waals surface area contributed by atoms with Gasteiger partial charge in [-0.25, -0.2) is 4.68 Å². The lowest BCUT2D eigenvalue weighted by atomic mass is 10.1. The van der Waals surface area contributed by atoms with Gasteiger partial charge in [0.1, 0.15) is 5.69 Å². The topological polar surface area (TPSA) is 63.8 Å². The molecule has 100 valence electrons. The van der Waals surface area contributed by atoms with Gasteiger partial charge in [0.25, 0.3) is 5.56 Å². The van der Waals surface area contributed by atoms with Crippen LogP contribution in [0.5, 0.6) is 0 Å². The molecule has 4 nitrogen and oxygen atoms in total. The number of hydrogen-bond donors (Lipinski definition) is 2. The number of benzene rings is 2. The summed E-state index contributed by atoms with van der Waals surface area (Å²) >= 11 is 0. The molecule has 0 amide bonds. The first-order chi connectivity index (χ1) is 9.68. The van der Waals surface area contributed by atoms with Crippen LogP contribution in [0.2, 0.25) is 0 Å². The third-order valence-electron chi connectivity index (χ3n) is 3.35.